The normalized spacial score (nSPS) is 14.2. The van der Waals surface area contributed by atoms with Crippen LogP contribution in [0.2, 0.25) is 0 Å². The van der Waals surface area contributed by atoms with Gasteiger partial charge in [0.25, 0.3) is 11.8 Å². The standard InChI is InChI=1S/C34H32N6O4S2/c1-43-26-14-10-24(11-15-26)29-19-28(30-9-6-18-45-30)38-40(29)32(41)22-46-34-37-36-31(39(34)21-23-7-4-3-5-8-23)20-35-33(42)25-12-16-27(44-2)17-13-25/h3-18,29H,19-22H2,1-2H3,(H,35,42). The zero-order chi connectivity index (χ0) is 31.9. The second kappa shape index (κ2) is 14.4. The van der Waals surface area contributed by atoms with Gasteiger partial charge >= 0.3 is 0 Å². The summed E-state index contributed by atoms with van der Waals surface area (Å²) in [5, 5.41) is 20.7. The van der Waals surface area contributed by atoms with Crippen LogP contribution in [0.3, 0.4) is 0 Å². The van der Waals surface area contributed by atoms with E-state index in [1.54, 1.807) is 54.8 Å². The average Bonchev–Trinajstić information content (AvgIpc) is 3.88. The van der Waals surface area contributed by atoms with E-state index in [9.17, 15) is 9.59 Å². The van der Waals surface area contributed by atoms with Gasteiger partial charge in [-0.05, 0) is 59.0 Å². The summed E-state index contributed by atoms with van der Waals surface area (Å²) in [4.78, 5) is 27.7. The van der Waals surface area contributed by atoms with Gasteiger partial charge in [0.1, 0.15) is 11.5 Å². The molecule has 0 saturated carbocycles. The second-order valence-corrected chi connectivity index (χ2v) is 12.3. The van der Waals surface area contributed by atoms with Gasteiger partial charge in [0.2, 0.25) is 0 Å². The number of hydrogen-bond acceptors (Lipinski definition) is 9. The minimum atomic E-state index is -0.237. The highest BCUT2D eigenvalue weighted by Crippen LogP contribution is 2.35. The lowest BCUT2D eigenvalue weighted by Crippen LogP contribution is -2.28. The molecule has 234 valence electrons. The van der Waals surface area contributed by atoms with Crippen LogP contribution in [-0.2, 0) is 17.9 Å². The smallest absolute Gasteiger partial charge is 0.253 e. The maximum absolute atomic E-state index is 13.8. The van der Waals surface area contributed by atoms with Crippen LogP contribution in [0.4, 0.5) is 0 Å². The van der Waals surface area contributed by atoms with E-state index >= 15 is 0 Å². The predicted molar refractivity (Wildman–Crippen MR) is 179 cm³/mol. The first kappa shape index (κ1) is 31.1. The van der Waals surface area contributed by atoms with E-state index in [0.29, 0.717) is 35.3 Å². The monoisotopic (exact) mass is 652 g/mol. The minimum absolute atomic E-state index is 0.110. The number of hydrazone groups is 1. The number of nitrogens with one attached hydrogen (secondary N) is 1. The number of ether oxygens (including phenoxy) is 2. The third kappa shape index (κ3) is 7.13. The Balaban J connectivity index is 1.20. The Bertz CT molecular complexity index is 1810. The number of carbonyl (C=O) groups excluding carboxylic acids is 2. The van der Waals surface area contributed by atoms with Gasteiger partial charge in [-0.25, -0.2) is 5.01 Å². The van der Waals surface area contributed by atoms with Crippen molar-refractivity contribution in [2.45, 2.75) is 30.7 Å². The van der Waals surface area contributed by atoms with E-state index < -0.39 is 0 Å². The van der Waals surface area contributed by atoms with Crippen molar-refractivity contribution < 1.29 is 19.1 Å². The summed E-state index contributed by atoms with van der Waals surface area (Å²) in [7, 11) is 3.21. The number of rotatable bonds is 12. The van der Waals surface area contributed by atoms with Crippen molar-refractivity contribution in [1.29, 1.82) is 0 Å². The molecule has 0 aliphatic carbocycles. The topological polar surface area (TPSA) is 111 Å². The van der Waals surface area contributed by atoms with E-state index in [2.05, 4.69) is 15.5 Å². The first-order valence-corrected chi connectivity index (χ1v) is 16.5. The highest BCUT2D eigenvalue weighted by Gasteiger charge is 2.33. The van der Waals surface area contributed by atoms with E-state index in [1.165, 1.54) is 11.8 Å². The Morgan fingerprint density at radius 3 is 2.30 bits per heavy atom. The van der Waals surface area contributed by atoms with E-state index in [4.69, 9.17) is 14.6 Å². The lowest BCUT2D eigenvalue weighted by Gasteiger charge is -2.22. The van der Waals surface area contributed by atoms with Crippen LogP contribution in [-0.4, -0.2) is 57.3 Å². The summed E-state index contributed by atoms with van der Waals surface area (Å²) in [6.07, 6.45) is 0.617. The van der Waals surface area contributed by atoms with Gasteiger partial charge in [-0.2, -0.15) is 5.10 Å². The summed E-state index contributed by atoms with van der Waals surface area (Å²) in [6.45, 7) is 0.649. The van der Waals surface area contributed by atoms with Crippen molar-refractivity contribution in [2.75, 3.05) is 20.0 Å². The number of thiophene rings is 1. The fourth-order valence-electron chi connectivity index (χ4n) is 5.10. The molecule has 0 spiro atoms. The Labute approximate surface area is 275 Å². The molecular formula is C34H32N6O4S2. The Morgan fingerprint density at radius 2 is 1.63 bits per heavy atom. The largest absolute Gasteiger partial charge is 0.497 e. The zero-order valence-corrected chi connectivity index (χ0v) is 27.0. The number of amides is 2. The lowest BCUT2D eigenvalue weighted by molar-refractivity contribution is -0.130. The molecule has 1 unspecified atom stereocenters. The molecule has 0 saturated heterocycles. The van der Waals surface area contributed by atoms with E-state index in [0.717, 1.165) is 27.5 Å². The van der Waals surface area contributed by atoms with Crippen LogP contribution in [0.1, 0.15) is 44.6 Å². The fraction of sp³-hybridized carbons (Fsp3) is 0.206. The summed E-state index contributed by atoms with van der Waals surface area (Å²) >= 11 is 2.91. The van der Waals surface area contributed by atoms with Crippen molar-refractivity contribution in [3.05, 3.63) is 124 Å². The molecule has 1 aliphatic rings. The van der Waals surface area contributed by atoms with Gasteiger partial charge in [-0.15, -0.1) is 21.5 Å². The predicted octanol–water partition coefficient (Wildman–Crippen LogP) is 5.81. The van der Waals surface area contributed by atoms with Crippen LogP contribution in [0, 0.1) is 0 Å². The molecular weight excluding hydrogens is 621 g/mol. The Morgan fingerprint density at radius 1 is 0.913 bits per heavy atom. The third-order valence-electron chi connectivity index (χ3n) is 7.53. The van der Waals surface area contributed by atoms with E-state index in [1.807, 2.05) is 76.7 Å². The molecule has 0 bridgehead atoms. The summed E-state index contributed by atoms with van der Waals surface area (Å²) in [5.74, 6) is 1.74. The molecule has 12 heteroatoms. The van der Waals surface area contributed by atoms with Crippen molar-refractivity contribution >= 4 is 40.6 Å². The zero-order valence-electron chi connectivity index (χ0n) is 25.3. The minimum Gasteiger partial charge on any atom is -0.497 e. The Kier molecular flexibility index (Phi) is 9.75. The van der Waals surface area contributed by atoms with Crippen molar-refractivity contribution in [3.8, 4) is 11.5 Å². The van der Waals surface area contributed by atoms with Crippen LogP contribution >= 0.6 is 23.1 Å². The maximum Gasteiger partial charge on any atom is 0.253 e. The van der Waals surface area contributed by atoms with Gasteiger partial charge < -0.3 is 19.4 Å². The van der Waals surface area contributed by atoms with Crippen molar-refractivity contribution in [3.63, 3.8) is 0 Å². The summed E-state index contributed by atoms with van der Waals surface area (Å²) in [5.41, 5.74) is 3.42. The molecule has 1 aliphatic heterocycles. The molecule has 2 aromatic heterocycles. The van der Waals surface area contributed by atoms with Gasteiger partial charge in [-0.3, -0.25) is 9.59 Å². The quantitative estimate of drug-likeness (QED) is 0.170. The molecule has 1 N–H and O–H groups in total. The first-order valence-electron chi connectivity index (χ1n) is 14.6. The summed E-state index contributed by atoms with van der Waals surface area (Å²) in [6, 6.07) is 28.4. The van der Waals surface area contributed by atoms with Gasteiger partial charge in [0.15, 0.2) is 11.0 Å². The highest BCUT2D eigenvalue weighted by molar-refractivity contribution is 7.99. The van der Waals surface area contributed by atoms with Crippen LogP contribution in [0.5, 0.6) is 11.5 Å². The molecule has 46 heavy (non-hydrogen) atoms. The molecule has 1 atom stereocenters. The SMILES string of the molecule is COc1ccc(C(=O)NCc2nnc(SCC(=O)N3N=C(c4cccs4)CC3c3ccc(OC)cc3)n2Cc2ccccc2)cc1. The average molecular weight is 653 g/mol. The van der Waals surface area contributed by atoms with Crippen LogP contribution < -0.4 is 14.8 Å². The molecule has 10 nitrogen and oxygen atoms in total. The molecule has 3 heterocycles. The summed E-state index contributed by atoms with van der Waals surface area (Å²) < 4.78 is 12.5. The van der Waals surface area contributed by atoms with Gasteiger partial charge in [0, 0.05) is 12.0 Å². The van der Waals surface area contributed by atoms with Crippen molar-refractivity contribution in [1.82, 2.24) is 25.1 Å². The lowest BCUT2D eigenvalue weighted by atomic mass is 10.0. The third-order valence-corrected chi connectivity index (χ3v) is 9.40. The number of thioether (sulfide) groups is 1. The Hall–Kier alpha value is -4.94. The maximum atomic E-state index is 13.8. The van der Waals surface area contributed by atoms with Crippen molar-refractivity contribution in [2.24, 2.45) is 5.10 Å². The fourth-order valence-corrected chi connectivity index (χ4v) is 6.63. The van der Waals surface area contributed by atoms with Gasteiger partial charge in [0.05, 0.1) is 49.7 Å². The second-order valence-electron chi connectivity index (χ2n) is 10.4. The molecule has 6 rings (SSSR count). The molecule has 3 aromatic carbocycles. The first-order chi connectivity index (χ1) is 22.5. The molecule has 0 fully saturated rings. The molecule has 2 amide bonds. The number of hydrogen-bond donors (Lipinski definition) is 1. The number of benzene rings is 3. The molecule has 5 aromatic rings. The number of methoxy groups -OCH3 is 2. The van der Waals surface area contributed by atoms with Gasteiger partial charge in [-0.1, -0.05) is 60.3 Å². The van der Waals surface area contributed by atoms with E-state index in [-0.39, 0.29) is 30.2 Å². The van der Waals surface area contributed by atoms with Crippen LogP contribution in [0.15, 0.2) is 107 Å². The van der Waals surface area contributed by atoms with Crippen LogP contribution in [0.25, 0.3) is 0 Å². The molecule has 0 radical (unpaired) electrons. The number of aromatic nitrogens is 3. The highest BCUT2D eigenvalue weighted by atomic mass is 32.2. The number of carbonyl (C=O) groups is 2. The number of nitrogens with zero attached hydrogens (tertiary/aromatic N) is 5.